The number of carbonyl (C=O) groups is 1. The van der Waals surface area contributed by atoms with Crippen molar-refractivity contribution in [2.75, 3.05) is 13.2 Å². The van der Waals surface area contributed by atoms with Crippen molar-refractivity contribution in [2.24, 2.45) is 0 Å². The van der Waals surface area contributed by atoms with Gasteiger partial charge in [0.25, 0.3) is 0 Å². The van der Waals surface area contributed by atoms with Crippen molar-refractivity contribution in [3.8, 4) is 0 Å². The van der Waals surface area contributed by atoms with Gasteiger partial charge in [-0.15, -0.1) is 0 Å². The van der Waals surface area contributed by atoms with Gasteiger partial charge in [0.15, 0.2) is 0 Å². The fraction of sp³-hybridized carbons (Fsp3) is 0.562. The van der Waals surface area contributed by atoms with Gasteiger partial charge in [-0.1, -0.05) is 43.2 Å². The molecular weight excluding hydrogens is 252 g/mol. The summed E-state index contributed by atoms with van der Waals surface area (Å²) in [5, 5.41) is 3.03. The van der Waals surface area contributed by atoms with Crippen LogP contribution in [-0.2, 0) is 11.3 Å². The molecule has 2 aliphatic rings. The summed E-state index contributed by atoms with van der Waals surface area (Å²) < 4.78 is 5.80. The van der Waals surface area contributed by atoms with Crippen LogP contribution in [0.3, 0.4) is 0 Å². The van der Waals surface area contributed by atoms with Gasteiger partial charge in [-0.05, 0) is 18.4 Å². The number of ether oxygens (including phenoxy) is 1. The summed E-state index contributed by atoms with van der Waals surface area (Å²) in [6.07, 6.45) is 4.84. The van der Waals surface area contributed by atoms with Crippen LogP contribution < -0.4 is 5.32 Å². The SMILES string of the molecule is O=C(NCc1ccccc1)N1CCOC2CCCCC21. The molecule has 1 aliphatic heterocycles. The van der Waals surface area contributed by atoms with E-state index in [2.05, 4.69) is 5.32 Å². The Morgan fingerprint density at radius 2 is 2.05 bits per heavy atom. The fourth-order valence-electron chi connectivity index (χ4n) is 3.22. The highest BCUT2D eigenvalue weighted by atomic mass is 16.5. The van der Waals surface area contributed by atoms with Crippen molar-refractivity contribution in [1.82, 2.24) is 10.2 Å². The normalized spacial score (nSPS) is 25.9. The van der Waals surface area contributed by atoms with E-state index in [9.17, 15) is 4.79 Å². The van der Waals surface area contributed by atoms with E-state index in [1.54, 1.807) is 0 Å². The number of carbonyl (C=O) groups excluding carboxylic acids is 1. The van der Waals surface area contributed by atoms with Gasteiger partial charge in [-0.2, -0.15) is 0 Å². The van der Waals surface area contributed by atoms with Gasteiger partial charge in [0.1, 0.15) is 0 Å². The molecule has 1 saturated carbocycles. The van der Waals surface area contributed by atoms with Gasteiger partial charge in [0.2, 0.25) is 0 Å². The minimum atomic E-state index is 0.0500. The van der Waals surface area contributed by atoms with Crippen LogP contribution in [-0.4, -0.2) is 36.2 Å². The van der Waals surface area contributed by atoms with Gasteiger partial charge in [0, 0.05) is 13.1 Å². The highest BCUT2D eigenvalue weighted by molar-refractivity contribution is 5.74. The Hall–Kier alpha value is -1.55. The number of morpholine rings is 1. The molecule has 3 rings (SSSR count). The minimum Gasteiger partial charge on any atom is -0.374 e. The largest absolute Gasteiger partial charge is 0.374 e. The van der Waals surface area contributed by atoms with Gasteiger partial charge >= 0.3 is 6.03 Å². The number of benzene rings is 1. The van der Waals surface area contributed by atoms with Crippen LogP contribution in [0.1, 0.15) is 31.2 Å². The monoisotopic (exact) mass is 274 g/mol. The third-order valence-corrected chi connectivity index (χ3v) is 4.28. The quantitative estimate of drug-likeness (QED) is 0.900. The first-order valence-corrected chi connectivity index (χ1v) is 7.54. The Balaban J connectivity index is 1.58. The Labute approximate surface area is 120 Å². The van der Waals surface area contributed by atoms with Crippen molar-refractivity contribution in [3.05, 3.63) is 35.9 Å². The number of urea groups is 1. The molecule has 20 heavy (non-hydrogen) atoms. The van der Waals surface area contributed by atoms with E-state index in [0.29, 0.717) is 19.7 Å². The molecule has 108 valence electrons. The van der Waals surface area contributed by atoms with E-state index in [1.165, 1.54) is 12.8 Å². The van der Waals surface area contributed by atoms with Crippen LogP contribution in [0.4, 0.5) is 4.79 Å². The third kappa shape index (κ3) is 2.96. The van der Waals surface area contributed by atoms with Crippen LogP contribution in [0.15, 0.2) is 30.3 Å². The molecule has 4 nitrogen and oxygen atoms in total. The van der Waals surface area contributed by atoms with Crippen LogP contribution >= 0.6 is 0 Å². The average molecular weight is 274 g/mol. The van der Waals surface area contributed by atoms with E-state index in [1.807, 2.05) is 35.2 Å². The second-order valence-corrected chi connectivity index (χ2v) is 5.60. The maximum atomic E-state index is 12.4. The summed E-state index contributed by atoms with van der Waals surface area (Å²) in [7, 11) is 0. The first kappa shape index (κ1) is 13.4. The molecule has 4 heteroatoms. The molecule has 2 amide bonds. The molecule has 0 radical (unpaired) electrons. The Bertz CT molecular complexity index is 447. The molecule has 1 saturated heterocycles. The minimum absolute atomic E-state index is 0.0500. The lowest BCUT2D eigenvalue weighted by molar-refractivity contribution is -0.0712. The van der Waals surface area contributed by atoms with Crippen molar-refractivity contribution in [3.63, 3.8) is 0 Å². The van der Waals surface area contributed by atoms with Crippen LogP contribution in [0.25, 0.3) is 0 Å². The molecule has 2 fully saturated rings. The zero-order valence-electron chi connectivity index (χ0n) is 11.8. The molecule has 2 atom stereocenters. The first-order chi connectivity index (χ1) is 9.84. The van der Waals surface area contributed by atoms with E-state index in [4.69, 9.17) is 4.74 Å². The summed E-state index contributed by atoms with van der Waals surface area (Å²) in [5.74, 6) is 0. The number of fused-ring (bicyclic) bond motifs is 1. The molecule has 1 aromatic rings. The number of nitrogens with one attached hydrogen (secondary N) is 1. The molecule has 1 aromatic carbocycles. The molecule has 0 bridgehead atoms. The molecule has 1 aliphatic carbocycles. The van der Waals surface area contributed by atoms with Crippen molar-refractivity contribution < 1.29 is 9.53 Å². The van der Waals surface area contributed by atoms with Crippen molar-refractivity contribution >= 4 is 6.03 Å². The molecule has 1 heterocycles. The summed E-state index contributed by atoms with van der Waals surface area (Å²) >= 11 is 0. The zero-order chi connectivity index (χ0) is 13.8. The summed E-state index contributed by atoms with van der Waals surface area (Å²) in [6, 6.07) is 10.4. The Morgan fingerprint density at radius 1 is 1.25 bits per heavy atom. The van der Waals surface area contributed by atoms with Gasteiger partial charge < -0.3 is 15.0 Å². The zero-order valence-corrected chi connectivity index (χ0v) is 11.8. The van der Waals surface area contributed by atoms with E-state index in [0.717, 1.165) is 18.4 Å². The molecular formula is C16H22N2O2. The van der Waals surface area contributed by atoms with Crippen LogP contribution in [0.5, 0.6) is 0 Å². The van der Waals surface area contributed by atoms with Gasteiger partial charge in [-0.3, -0.25) is 0 Å². The number of hydrogen-bond acceptors (Lipinski definition) is 2. The second-order valence-electron chi connectivity index (χ2n) is 5.60. The van der Waals surface area contributed by atoms with E-state index < -0.39 is 0 Å². The summed E-state index contributed by atoms with van der Waals surface area (Å²) in [5.41, 5.74) is 1.13. The maximum Gasteiger partial charge on any atom is 0.318 e. The number of nitrogens with zero attached hydrogens (tertiary/aromatic N) is 1. The maximum absolute atomic E-state index is 12.4. The number of amides is 2. The number of rotatable bonds is 2. The highest BCUT2D eigenvalue weighted by Gasteiger charge is 2.36. The smallest absolute Gasteiger partial charge is 0.318 e. The van der Waals surface area contributed by atoms with Crippen LogP contribution in [0.2, 0.25) is 0 Å². The topological polar surface area (TPSA) is 41.6 Å². The lowest BCUT2D eigenvalue weighted by atomic mass is 9.90. The van der Waals surface area contributed by atoms with Crippen molar-refractivity contribution in [2.45, 2.75) is 44.4 Å². The standard InChI is InChI=1S/C16H22N2O2/c19-16(17-12-13-6-2-1-3-7-13)18-10-11-20-15-9-5-4-8-14(15)18/h1-3,6-7,14-15H,4-5,8-12H2,(H,17,19). The lowest BCUT2D eigenvalue weighted by Crippen LogP contribution is -2.57. The number of hydrogen-bond donors (Lipinski definition) is 1. The molecule has 2 unspecified atom stereocenters. The Morgan fingerprint density at radius 3 is 2.90 bits per heavy atom. The van der Waals surface area contributed by atoms with Crippen LogP contribution in [0, 0.1) is 0 Å². The lowest BCUT2D eigenvalue weighted by Gasteiger charge is -2.43. The van der Waals surface area contributed by atoms with Crippen molar-refractivity contribution in [1.29, 1.82) is 0 Å². The van der Waals surface area contributed by atoms with Gasteiger partial charge in [-0.25, -0.2) is 4.79 Å². The Kier molecular flexibility index (Phi) is 4.21. The molecule has 0 spiro atoms. The summed E-state index contributed by atoms with van der Waals surface area (Å²) in [6.45, 7) is 1.97. The second kappa shape index (κ2) is 6.27. The molecule has 1 N–H and O–H groups in total. The van der Waals surface area contributed by atoms with Gasteiger partial charge in [0.05, 0.1) is 18.8 Å². The predicted octanol–water partition coefficient (Wildman–Crippen LogP) is 2.54. The first-order valence-electron chi connectivity index (χ1n) is 7.54. The average Bonchev–Trinajstić information content (AvgIpc) is 2.53. The fourth-order valence-corrected chi connectivity index (χ4v) is 3.22. The summed E-state index contributed by atoms with van der Waals surface area (Å²) in [4.78, 5) is 14.4. The third-order valence-electron chi connectivity index (χ3n) is 4.28. The molecule has 0 aromatic heterocycles. The predicted molar refractivity (Wildman–Crippen MR) is 77.4 cm³/mol. The van der Waals surface area contributed by atoms with E-state index in [-0.39, 0.29) is 18.2 Å². The van der Waals surface area contributed by atoms with E-state index >= 15 is 0 Å². The highest BCUT2D eigenvalue weighted by Crippen LogP contribution is 2.28.